The highest BCUT2D eigenvalue weighted by atomic mass is 16.1. The van der Waals surface area contributed by atoms with E-state index in [4.69, 9.17) is 0 Å². The predicted molar refractivity (Wildman–Crippen MR) is 74.3 cm³/mol. The first-order valence-corrected chi connectivity index (χ1v) is 6.87. The maximum Gasteiger partial charge on any atom is 0.293 e. The molecule has 5 nitrogen and oxygen atoms in total. The van der Waals surface area contributed by atoms with Gasteiger partial charge in [-0.25, -0.2) is 4.98 Å². The normalized spacial score (nSPS) is 16.9. The minimum atomic E-state index is -0.0271. The number of hydrogen-bond acceptors (Lipinski definition) is 4. The second-order valence-electron chi connectivity index (χ2n) is 5.56. The van der Waals surface area contributed by atoms with Gasteiger partial charge in [0.1, 0.15) is 6.29 Å². The number of rotatable bonds is 4. The zero-order chi connectivity index (χ0) is 13.8. The summed E-state index contributed by atoms with van der Waals surface area (Å²) in [6, 6.07) is 0. The fourth-order valence-electron chi connectivity index (χ4n) is 2.44. The molecule has 0 aromatic carbocycles. The van der Waals surface area contributed by atoms with Crippen LogP contribution in [0.25, 0.3) is 0 Å². The monoisotopic (exact) mass is 263 g/mol. The van der Waals surface area contributed by atoms with Gasteiger partial charge in [0.2, 0.25) is 0 Å². The molecule has 1 aromatic heterocycles. The van der Waals surface area contributed by atoms with Crippen molar-refractivity contribution in [3.05, 3.63) is 22.7 Å². The van der Waals surface area contributed by atoms with Crippen LogP contribution in [0, 0.1) is 11.8 Å². The van der Waals surface area contributed by atoms with Crippen molar-refractivity contribution in [1.82, 2.24) is 9.55 Å². The Balaban J connectivity index is 2.17. The average molecular weight is 263 g/mol. The van der Waals surface area contributed by atoms with Crippen LogP contribution in [-0.2, 0) is 11.3 Å². The molecule has 0 saturated carbocycles. The highest BCUT2D eigenvalue weighted by Gasteiger charge is 2.21. The van der Waals surface area contributed by atoms with E-state index in [9.17, 15) is 9.59 Å². The second kappa shape index (κ2) is 5.99. The summed E-state index contributed by atoms with van der Waals surface area (Å²) in [5.41, 5.74) is -0.0271. The van der Waals surface area contributed by atoms with Crippen molar-refractivity contribution in [2.45, 2.75) is 33.2 Å². The van der Waals surface area contributed by atoms with Gasteiger partial charge in [-0.15, -0.1) is 0 Å². The number of carbonyl (C=O) groups is 1. The van der Waals surface area contributed by atoms with E-state index in [-0.39, 0.29) is 11.5 Å². The van der Waals surface area contributed by atoms with Crippen molar-refractivity contribution in [3.8, 4) is 0 Å². The first kappa shape index (κ1) is 13.8. The van der Waals surface area contributed by atoms with Gasteiger partial charge in [-0.2, -0.15) is 0 Å². The number of anilines is 1. The average Bonchev–Trinajstić information content (AvgIpc) is 2.41. The van der Waals surface area contributed by atoms with Crippen molar-refractivity contribution in [2.75, 3.05) is 18.0 Å². The highest BCUT2D eigenvalue weighted by molar-refractivity contribution is 5.54. The molecule has 0 spiro atoms. The van der Waals surface area contributed by atoms with Crippen LogP contribution in [0.1, 0.15) is 26.7 Å². The van der Waals surface area contributed by atoms with Crippen LogP contribution in [0.3, 0.4) is 0 Å². The molecule has 104 valence electrons. The zero-order valence-corrected chi connectivity index (χ0v) is 11.6. The van der Waals surface area contributed by atoms with Crippen LogP contribution < -0.4 is 10.5 Å². The van der Waals surface area contributed by atoms with Gasteiger partial charge in [-0.1, -0.05) is 13.8 Å². The Morgan fingerprint density at radius 2 is 2.11 bits per heavy atom. The SMILES string of the molecule is CC(C)Cn1ccnc(N2CCC(C=O)CC2)c1=O. The van der Waals surface area contributed by atoms with Gasteiger partial charge in [-0.3, -0.25) is 4.79 Å². The summed E-state index contributed by atoms with van der Waals surface area (Å²) in [5, 5.41) is 0. The van der Waals surface area contributed by atoms with Crippen molar-refractivity contribution in [2.24, 2.45) is 11.8 Å². The third-order valence-corrected chi connectivity index (χ3v) is 3.49. The van der Waals surface area contributed by atoms with Crippen molar-refractivity contribution in [3.63, 3.8) is 0 Å². The summed E-state index contributed by atoms with van der Waals surface area (Å²) in [4.78, 5) is 29.3. The lowest BCUT2D eigenvalue weighted by Gasteiger charge is -2.30. The lowest BCUT2D eigenvalue weighted by atomic mass is 9.99. The molecule has 1 aliphatic rings. The Kier molecular flexibility index (Phi) is 4.35. The summed E-state index contributed by atoms with van der Waals surface area (Å²) in [5.74, 6) is 1.08. The van der Waals surface area contributed by atoms with Crippen LogP contribution in [0.5, 0.6) is 0 Å². The summed E-state index contributed by atoms with van der Waals surface area (Å²) < 4.78 is 1.72. The summed E-state index contributed by atoms with van der Waals surface area (Å²) in [7, 11) is 0. The van der Waals surface area contributed by atoms with E-state index in [1.165, 1.54) is 0 Å². The highest BCUT2D eigenvalue weighted by Crippen LogP contribution is 2.17. The minimum absolute atomic E-state index is 0.0271. The maximum absolute atomic E-state index is 12.3. The summed E-state index contributed by atoms with van der Waals surface area (Å²) in [6.07, 6.45) is 6.06. The number of nitrogens with zero attached hydrogens (tertiary/aromatic N) is 3. The molecule has 1 fully saturated rings. The Labute approximate surface area is 113 Å². The molecule has 0 bridgehead atoms. The van der Waals surface area contributed by atoms with Gasteiger partial charge in [0.05, 0.1) is 0 Å². The van der Waals surface area contributed by atoms with E-state index in [0.717, 1.165) is 32.2 Å². The topological polar surface area (TPSA) is 55.2 Å². The largest absolute Gasteiger partial charge is 0.352 e. The third kappa shape index (κ3) is 3.22. The fourth-order valence-corrected chi connectivity index (χ4v) is 2.44. The number of piperidine rings is 1. The van der Waals surface area contributed by atoms with Gasteiger partial charge in [-0.05, 0) is 18.8 Å². The summed E-state index contributed by atoms with van der Waals surface area (Å²) >= 11 is 0. The van der Waals surface area contributed by atoms with Crippen molar-refractivity contribution < 1.29 is 4.79 Å². The van der Waals surface area contributed by atoms with E-state index in [0.29, 0.717) is 18.3 Å². The van der Waals surface area contributed by atoms with Gasteiger partial charge in [0.25, 0.3) is 5.56 Å². The number of aldehydes is 1. The molecule has 1 aromatic rings. The van der Waals surface area contributed by atoms with Gasteiger partial charge >= 0.3 is 0 Å². The number of hydrogen-bond donors (Lipinski definition) is 0. The zero-order valence-electron chi connectivity index (χ0n) is 11.6. The lowest BCUT2D eigenvalue weighted by Crippen LogP contribution is -2.39. The Hall–Kier alpha value is -1.65. The van der Waals surface area contributed by atoms with Crippen LogP contribution in [-0.4, -0.2) is 28.9 Å². The molecule has 2 rings (SSSR count). The number of carbonyl (C=O) groups excluding carboxylic acids is 1. The molecule has 0 amide bonds. The van der Waals surface area contributed by atoms with Gasteiger partial charge in [0.15, 0.2) is 5.82 Å². The second-order valence-corrected chi connectivity index (χ2v) is 5.56. The molecule has 0 unspecified atom stereocenters. The first-order valence-electron chi connectivity index (χ1n) is 6.87. The molecule has 1 saturated heterocycles. The van der Waals surface area contributed by atoms with Crippen LogP contribution in [0.15, 0.2) is 17.2 Å². The molecule has 0 radical (unpaired) electrons. The quantitative estimate of drug-likeness (QED) is 0.769. The van der Waals surface area contributed by atoms with Crippen molar-refractivity contribution >= 4 is 12.1 Å². The first-order chi connectivity index (χ1) is 9.11. The molecular formula is C14H21N3O2. The van der Waals surface area contributed by atoms with E-state index in [1.807, 2.05) is 4.90 Å². The predicted octanol–water partition coefficient (Wildman–Crippen LogP) is 1.31. The Morgan fingerprint density at radius 3 is 2.68 bits per heavy atom. The molecule has 0 atom stereocenters. The molecule has 0 aliphatic carbocycles. The molecule has 5 heteroatoms. The smallest absolute Gasteiger partial charge is 0.293 e. The fraction of sp³-hybridized carbons (Fsp3) is 0.643. The maximum atomic E-state index is 12.3. The van der Waals surface area contributed by atoms with E-state index >= 15 is 0 Å². The lowest BCUT2D eigenvalue weighted by molar-refractivity contribution is -0.111. The molecule has 0 N–H and O–H groups in total. The van der Waals surface area contributed by atoms with Crippen LogP contribution in [0.4, 0.5) is 5.82 Å². The van der Waals surface area contributed by atoms with Gasteiger partial charge < -0.3 is 14.3 Å². The Bertz CT molecular complexity index is 488. The molecular weight excluding hydrogens is 242 g/mol. The van der Waals surface area contributed by atoms with Gasteiger partial charge in [0, 0.05) is 37.9 Å². The van der Waals surface area contributed by atoms with E-state index in [1.54, 1.807) is 17.0 Å². The van der Waals surface area contributed by atoms with Crippen LogP contribution in [0.2, 0.25) is 0 Å². The molecule has 2 heterocycles. The van der Waals surface area contributed by atoms with E-state index < -0.39 is 0 Å². The van der Waals surface area contributed by atoms with Crippen LogP contribution >= 0.6 is 0 Å². The number of aromatic nitrogens is 2. The molecule has 1 aliphatic heterocycles. The van der Waals surface area contributed by atoms with E-state index in [2.05, 4.69) is 18.8 Å². The standard InChI is InChI=1S/C14H21N3O2/c1-11(2)9-17-8-5-15-13(14(17)19)16-6-3-12(10-18)4-7-16/h5,8,10-12H,3-4,6-7,9H2,1-2H3. The Morgan fingerprint density at radius 1 is 1.42 bits per heavy atom. The minimum Gasteiger partial charge on any atom is -0.352 e. The molecule has 19 heavy (non-hydrogen) atoms. The summed E-state index contributed by atoms with van der Waals surface area (Å²) in [6.45, 7) is 6.35. The van der Waals surface area contributed by atoms with Crippen molar-refractivity contribution in [1.29, 1.82) is 0 Å². The third-order valence-electron chi connectivity index (χ3n) is 3.49.